The fourth-order valence-electron chi connectivity index (χ4n) is 1.28. The van der Waals surface area contributed by atoms with Crippen LogP contribution in [0, 0.1) is 0 Å². The molecule has 0 aliphatic rings. The monoisotopic (exact) mass is 279 g/mol. The van der Waals surface area contributed by atoms with E-state index in [1.165, 1.54) is 0 Å². The van der Waals surface area contributed by atoms with Gasteiger partial charge in [-0.1, -0.05) is 0 Å². The van der Waals surface area contributed by atoms with E-state index in [1.54, 1.807) is 7.11 Å². The van der Waals surface area contributed by atoms with Crippen molar-refractivity contribution in [2.24, 2.45) is 0 Å². The molecule has 0 spiro atoms. The zero-order chi connectivity index (χ0) is 14.3. The number of hydrogen-bond donors (Lipinski definition) is 2. The van der Waals surface area contributed by atoms with Gasteiger partial charge in [-0.2, -0.15) is 0 Å². The number of hydrogen-bond acceptors (Lipinski definition) is 6. The molecule has 0 heterocycles. The van der Waals surface area contributed by atoms with Crippen LogP contribution < -0.4 is 5.32 Å². The first-order valence-corrected chi connectivity index (χ1v) is 6.81. The normalized spacial score (nSPS) is 13.1. The Morgan fingerprint density at radius 2 is 1.74 bits per heavy atom. The number of ether oxygens (including phenoxy) is 4. The Hall–Kier alpha value is -0.240. The third kappa shape index (κ3) is 15.7. The fourth-order valence-corrected chi connectivity index (χ4v) is 1.28. The SMILES string of the molecule is COCCOCCNCC(O)COCCOC(C)C. The van der Waals surface area contributed by atoms with Crippen molar-refractivity contribution in [1.82, 2.24) is 5.32 Å². The summed E-state index contributed by atoms with van der Waals surface area (Å²) >= 11 is 0. The molecule has 0 saturated heterocycles. The van der Waals surface area contributed by atoms with Crippen molar-refractivity contribution in [2.75, 3.05) is 59.8 Å². The van der Waals surface area contributed by atoms with Gasteiger partial charge in [-0.25, -0.2) is 0 Å². The minimum atomic E-state index is -0.502. The van der Waals surface area contributed by atoms with Gasteiger partial charge in [0.25, 0.3) is 0 Å². The highest BCUT2D eigenvalue weighted by Crippen LogP contribution is 1.89. The van der Waals surface area contributed by atoms with Crippen LogP contribution in [0.5, 0.6) is 0 Å². The molecule has 0 fully saturated rings. The lowest BCUT2D eigenvalue weighted by molar-refractivity contribution is -0.0104. The molecule has 0 amide bonds. The molecule has 6 nitrogen and oxygen atoms in total. The Bertz CT molecular complexity index is 180. The maximum absolute atomic E-state index is 9.61. The Labute approximate surface area is 116 Å². The van der Waals surface area contributed by atoms with Gasteiger partial charge in [0.1, 0.15) is 0 Å². The van der Waals surface area contributed by atoms with E-state index >= 15 is 0 Å². The van der Waals surface area contributed by atoms with E-state index in [1.807, 2.05) is 13.8 Å². The van der Waals surface area contributed by atoms with Crippen LogP contribution in [0.2, 0.25) is 0 Å². The van der Waals surface area contributed by atoms with Crippen LogP contribution in [0.1, 0.15) is 13.8 Å². The van der Waals surface area contributed by atoms with Crippen molar-refractivity contribution in [3.05, 3.63) is 0 Å². The predicted molar refractivity (Wildman–Crippen MR) is 73.5 cm³/mol. The number of rotatable bonds is 14. The molecule has 19 heavy (non-hydrogen) atoms. The van der Waals surface area contributed by atoms with E-state index in [9.17, 15) is 5.11 Å². The second kappa shape index (κ2) is 14.2. The van der Waals surface area contributed by atoms with Crippen molar-refractivity contribution < 1.29 is 24.1 Å². The quantitative estimate of drug-likeness (QED) is 0.438. The van der Waals surface area contributed by atoms with Crippen LogP contribution in [0.4, 0.5) is 0 Å². The van der Waals surface area contributed by atoms with Crippen LogP contribution in [0.3, 0.4) is 0 Å². The highest BCUT2D eigenvalue weighted by atomic mass is 16.5. The molecule has 0 radical (unpaired) electrons. The smallest absolute Gasteiger partial charge is 0.0897 e. The molecule has 0 rings (SSSR count). The standard InChI is InChI=1S/C13H29NO5/c1-12(2)19-9-8-18-11-13(15)10-14-4-5-17-7-6-16-3/h12-15H,4-11H2,1-3H3. The highest BCUT2D eigenvalue weighted by molar-refractivity contribution is 4.58. The summed E-state index contributed by atoms with van der Waals surface area (Å²) in [6.07, 6.45) is -0.286. The highest BCUT2D eigenvalue weighted by Gasteiger charge is 2.03. The second-order valence-corrected chi connectivity index (χ2v) is 4.46. The minimum absolute atomic E-state index is 0.216. The van der Waals surface area contributed by atoms with Gasteiger partial charge in [0.2, 0.25) is 0 Å². The van der Waals surface area contributed by atoms with E-state index in [0.29, 0.717) is 52.7 Å². The lowest BCUT2D eigenvalue weighted by Crippen LogP contribution is -2.33. The molecular formula is C13H29NO5. The summed E-state index contributed by atoms with van der Waals surface area (Å²) in [4.78, 5) is 0. The van der Waals surface area contributed by atoms with Gasteiger partial charge >= 0.3 is 0 Å². The first kappa shape index (κ1) is 18.8. The van der Waals surface area contributed by atoms with Gasteiger partial charge in [-0.05, 0) is 13.8 Å². The largest absolute Gasteiger partial charge is 0.389 e. The van der Waals surface area contributed by atoms with Crippen LogP contribution in [-0.2, 0) is 18.9 Å². The molecule has 116 valence electrons. The van der Waals surface area contributed by atoms with E-state index in [2.05, 4.69) is 5.32 Å². The van der Waals surface area contributed by atoms with Crippen LogP contribution in [0.25, 0.3) is 0 Å². The van der Waals surface area contributed by atoms with Gasteiger partial charge in [-0.3, -0.25) is 0 Å². The molecule has 1 unspecified atom stereocenters. The maximum atomic E-state index is 9.61. The molecule has 0 aromatic carbocycles. The van der Waals surface area contributed by atoms with Crippen molar-refractivity contribution in [3.8, 4) is 0 Å². The third-order valence-corrected chi connectivity index (χ3v) is 2.22. The summed E-state index contributed by atoms with van der Waals surface area (Å²) in [5, 5.41) is 12.7. The first-order chi connectivity index (χ1) is 9.16. The average Bonchev–Trinajstić information content (AvgIpc) is 2.37. The zero-order valence-corrected chi connectivity index (χ0v) is 12.4. The van der Waals surface area contributed by atoms with Crippen molar-refractivity contribution in [3.63, 3.8) is 0 Å². The van der Waals surface area contributed by atoms with Crippen molar-refractivity contribution >= 4 is 0 Å². The lowest BCUT2D eigenvalue weighted by atomic mass is 10.4. The molecule has 2 N–H and O–H groups in total. The summed E-state index contributed by atoms with van der Waals surface area (Å²) in [7, 11) is 1.64. The van der Waals surface area contributed by atoms with E-state index in [0.717, 1.165) is 0 Å². The second-order valence-electron chi connectivity index (χ2n) is 4.46. The Morgan fingerprint density at radius 1 is 1.00 bits per heavy atom. The first-order valence-electron chi connectivity index (χ1n) is 6.81. The zero-order valence-electron chi connectivity index (χ0n) is 12.4. The molecule has 6 heteroatoms. The van der Waals surface area contributed by atoms with Crippen LogP contribution >= 0.6 is 0 Å². The molecule has 1 atom stereocenters. The Morgan fingerprint density at radius 3 is 2.42 bits per heavy atom. The summed E-state index contributed by atoms with van der Waals surface area (Å²) < 4.78 is 20.7. The predicted octanol–water partition coefficient (Wildman–Crippen LogP) is 0.0415. The van der Waals surface area contributed by atoms with Gasteiger partial charge in [0.15, 0.2) is 0 Å². The van der Waals surface area contributed by atoms with Crippen LogP contribution in [-0.4, -0.2) is 77.2 Å². The molecule has 0 bridgehead atoms. The summed E-state index contributed by atoms with van der Waals surface area (Å²) in [6.45, 7) is 8.37. The summed E-state index contributed by atoms with van der Waals surface area (Å²) in [5.74, 6) is 0. The van der Waals surface area contributed by atoms with E-state index < -0.39 is 6.10 Å². The van der Waals surface area contributed by atoms with Crippen molar-refractivity contribution in [2.45, 2.75) is 26.1 Å². The Balaban J connectivity index is 3.14. The third-order valence-electron chi connectivity index (χ3n) is 2.22. The number of nitrogens with one attached hydrogen (secondary N) is 1. The van der Waals surface area contributed by atoms with Gasteiger partial charge in [0.05, 0.1) is 51.8 Å². The van der Waals surface area contributed by atoms with Crippen molar-refractivity contribution in [1.29, 1.82) is 0 Å². The van der Waals surface area contributed by atoms with E-state index in [4.69, 9.17) is 18.9 Å². The maximum Gasteiger partial charge on any atom is 0.0897 e. The lowest BCUT2D eigenvalue weighted by Gasteiger charge is -2.13. The minimum Gasteiger partial charge on any atom is -0.389 e. The summed E-state index contributed by atoms with van der Waals surface area (Å²) in [6, 6.07) is 0. The Kier molecular flexibility index (Phi) is 14.0. The molecule has 0 aromatic rings. The molecule has 0 aromatic heterocycles. The fraction of sp³-hybridized carbons (Fsp3) is 1.00. The summed E-state index contributed by atoms with van der Waals surface area (Å²) in [5.41, 5.74) is 0. The topological polar surface area (TPSA) is 69.2 Å². The molecule has 0 aliphatic heterocycles. The molecule has 0 saturated carbocycles. The average molecular weight is 279 g/mol. The van der Waals surface area contributed by atoms with E-state index in [-0.39, 0.29) is 6.10 Å². The van der Waals surface area contributed by atoms with Gasteiger partial charge in [0, 0.05) is 20.2 Å². The number of methoxy groups -OCH3 is 1. The molecule has 0 aliphatic carbocycles. The number of aliphatic hydroxyl groups is 1. The molecular weight excluding hydrogens is 250 g/mol. The van der Waals surface area contributed by atoms with Gasteiger partial charge < -0.3 is 29.4 Å². The number of aliphatic hydroxyl groups excluding tert-OH is 1. The van der Waals surface area contributed by atoms with Gasteiger partial charge in [-0.15, -0.1) is 0 Å². The van der Waals surface area contributed by atoms with Crippen LogP contribution in [0.15, 0.2) is 0 Å².